The largest absolute Gasteiger partial charge is 0.481 e. The highest BCUT2D eigenvalue weighted by molar-refractivity contribution is 5.95. The molecule has 1 saturated heterocycles. The van der Waals surface area contributed by atoms with Crippen molar-refractivity contribution in [2.45, 2.75) is 25.3 Å². The van der Waals surface area contributed by atoms with Crippen LogP contribution >= 0.6 is 0 Å². The standard InChI is InChI=1S/C25H24N4O5/c1-14-15(24(31)32)10-11-29(14)23(30)21-12-22(28-27-21)26-25(33)34-13-20-18-8-4-2-6-16(18)17-7-3-5-9-19(17)20/h2-9,12,14-15,20H,10-11,13H2,1H3,(H,31,32)(H2,26,27,28,33). The lowest BCUT2D eigenvalue weighted by Crippen LogP contribution is -2.37. The van der Waals surface area contributed by atoms with Gasteiger partial charge in [-0.05, 0) is 35.6 Å². The zero-order chi connectivity index (χ0) is 23.8. The number of hydrogen-bond acceptors (Lipinski definition) is 5. The fourth-order valence-corrected chi connectivity index (χ4v) is 4.95. The minimum absolute atomic E-state index is 0.0618. The van der Waals surface area contributed by atoms with Gasteiger partial charge in [-0.2, -0.15) is 5.10 Å². The van der Waals surface area contributed by atoms with Crippen LogP contribution in [0.5, 0.6) is 0 Å². The summed E-state index contributed by atoms with van der Waals surface area (Å²) in [6.07, 6.45) is -0.269. The van der Waals surface area contributed by atoms with Crippen LogP contribution < -0.4 is 5.32 Å². The number of carbonyl (C=O) groups excluding carboxylic acids is 2. The number of aromatic nitrogens is 2. The number of carboxylic acids is 1. The molecule has 9 nitrogen and oxygen atoms in total. The molecule has 0 bridgehead atoms. The fourth-order valence-electron chi connectivity index (χ4n) is 4.95. The first kappa shape index (κ1) is 21.7. The van der Waals surface area contributed by atoms with Crippen molar-refractivity contribution in [3.63, 3.8) is 0 Å². The van der Waals surface area contributed by atoms with Gasteiger partial charge in [0.05, 0.1) is 5.92 Å². The lowest BCUT2D eigenvalue weighted by atomic mass is 9.98. The Morgan fingerprint density at radius 1 is 1.12 bits per heavy atom. The monoisotopic (exact) mass is 460 g/mol. The third-order valence-corrected chi connectivity index (χ3v) is 6.72. The molecule has 3 N–H and O–H groups in total. The van der Waals surface area contributed by atoms with E-state index in [9.17, 15) is 19.5 Å². The summed E-state index contributed by atoms with van der Waals surface area (Å²) in [6, 6.07) is 17.1. The summed E-state index contributed by atoms with van der Waals surface area (Å²) in [7, 11) is 0. The van der Waals surface area contributed by atoms with Crippen LogP contribution in [-0.2, 0) is 9.53 Å². The van der Waals surface area contributed by atoms with Crippen LogP contribution in [0.15, 0.2) is 54.6 Å². The van der Waals surface area contributed by atoms with Crippen LogP contribution in [0, 0.1) is 5.92 Å². The topological polar surface area (TPSA) is 125 Å². The molecule has 3 aromatic rings. The van der Waals surface area contributed by atoms with E-state index in [1.807, 2.05) is 36.4 Å². The molecule has 0 radical (unpaired) electrons. The minimum atomic E-state index is -0.912. The Balaban J connectivity index is 1.21. The molecule has 2 unspecified atom stereocenters. The fraction of sp³-hybridized carbons (Fsp3) is 0.280. The van der Waals surface area contributed by atoms with E-state index < -0.39 is 24.0 Å². The van der Waals surface area contributed by atoms with Crippen molar-refractivity contribution in [1.29, 1.82) is 0 Å². The van der Waals surface area contributed by atoms with Gasteiger partial charge in [0, 0.05) is 24.6 Å². The first-order valence-electron chi connectivity index (χ1n) is 11.1. The lowest BCUT2D eigenvalue weighted by Gasteiger charge is -2.22. The summed E-state index contributed by atoms with van der Waals surface area (Å²) in [4.78, 5) is 38.0. The Kier molecular flexibility index (Phi) is 5.53. The normalized spacial score (nSPS) is 18.9. The summed E-state index contributed by atoms with van der Waals surface area (Å²) in [5.74, 6) is -1.77. The Morgan fingerprint density at radius 2 is 1.76 bits per heavy atom. The Labute approximate surface area is 195 Å². The number of hydrogen-bond donors (Lipinski definition) is 3. The van der Waals surface area contributed by atoms with Gasteiger partial charge >= 0.3 is 12.1 Å². The molecule has 174 valence electrons. The van der Waals surface area contributed by atoms with Gasteiger partial charge in [-0.1, -0.05) is 48.5 Å². The molecule has 0 saturated carbocycles. The van der Waals surface area contributed by atoms with E-state index in [-0.39, 0.29) is 29.9 Å². The zero-order valence-corrected chi connectivity index (χ0v) is 18.5. The summed E-state index contributed by atoms with van der Waals surface area (Å²) >= 11 is 0. The van der Waals surface area contributed by atoms with Gasteiger partial charge in [0.15, 0.2) is 5.82 Å². The van der Waals surface area contributed by atoms with Crippen molar-refractivity contribution in [2.75, 3.05) is 18.5 Å². The number of ether oxygens (including phenoxy) is 1. The molecule has 34 heavy (non-hydrogen) atoms. The highest BCUT2D eigenvalue weighted by Crippen LogP contribution is 2.44. The smallest absolute Gasteiger partial charge is 0.412 e. The number of aromatic amines is 1. The second kappa shape index (κ2) is 8.66. The Hall–Kier alpha value is -4.14. The number of nitrogens with one attached hydrogen (secondary N) is 2. The van der Waals surface area contributed by atoms with Crippen LogP contribution in [0.1, 0.15) is 40.9 Å². The molecule has 2 aliphatic rings. The molecule has 2 atom stereocenters. The highest BCUT2D eigenvalue weighted by atomic mass is 16.5. The molecule has 2 aromatic carbocycles. The van der Waals surface area contributed by atoms with Crippen molar-refractivity contribution in [3.8, 4) is 11.1 Å². The second-order valence-electron chi connectivity index (χ2n) is 8.59. The molecule has 2 amide bonds. The third kappa shape index (κ3) is 3.79. The number of amides is 2. The van der Waals surface area contributed by atoms with E-state index in [4.69, 9.17) is 4.74 Å². The van der Waals surface area contributed by atoms with Gasteiger partial charge in [0.2, 0.25) is 0 Å². The zero-order valence-electron chi connectivity index (χ0n) is 18.5. The quantitative estimate of drug-likeness (QED) is 0.533. The van der Waals surface area contributed by atoms with E-state index in [1.165, 1.54) is 11.0 Å². The molecule has 1 aromatic heterocycles. The van der Waals surface area contributed by atoms with Gasteiger partial charge in [-0.25, -0.2) is 4.79 Å². The summed E-state index contributed by atoms with van der Waals surface area (Å²) in [5.41, 5.74) is 4.69. The minimum Gasteiger partial charge on any atom is -0.481 e. The van der Waals surface area contributed by atoms with E-state index in [2.05, 4.69) is 27.6 Å². The number of likely N-dealkylation sites (tertiary alicyclic amines) is 1. The van der Waals surface area contributed by atoms with Crippen LogP contribution in [0.2, 0.25) is 0 Å². The molecule has 1 aliphatic heterocycles. The summed E-state index contributed by atoms with van der Waals surface area (Å²) in [6.45, 7) is 2.24. The maximum atomic E-state index is 12.8. The number of carbonyl (C=O) groups is 3. The average molecular weight is 460 g/mol. The Bertz CT molecular complexity index is 1220. The van der Waals surface area contributed by atoms with E-state index in [0.717, 1.165) is 22.3 Å². The van der Waals surface area contributed by atoms with Crippen LogP contribution in [0.3, 0.4) is 0 Å². The molecule has 5 rings (SSSR count). The molecule has 9 heteroatoms. The van der Waals surface area contributed by atoms with Gasteiger partial charge in [-0.15, -0.1) is 0 Å². The van der Waals surface area contributed by atoms with E-state index >= 15 is 0 Å². The highest BCUT2D eigenvalue weighted by Gasteiger charge is 2.39. The maximum Gasteiger partial charge on any atom is 0.412 e. The maximum absolute atomic E-state index is 12.8. The third-order valence-electron chi connectivity index (χ3n) is 6.72. The van der Waals surface area contributed by atoms with Crippen molar-refractivity contribution >= 4 is 23.8 Å². The van der Waals surface area contributed by atoms with Gasteiger partial charge in [-0.3, -0.25) is 20.0 Å². The predicted octanol–water partition coefficient (Wildman–Crippen LogP) is 3.71. The number of rotatable bonds is 5. The van der Waals surface area contributed by atoms with E-state index in [1.54, 1.807) is 6.92 Å². The number of fused-ring (bicyclic) bond motifs is 3. The number of nitrogens with zero attached hydrogens (tertiary/aromatic N) is 2. The number of aliphatic carboxylic acids is 1. The van der Waals surface area contributed by atoms with Crippen LogP contribution in [-0.4, -0.2) is 57.4 Å². The van der Waals surface area contributed by atoms with Crippen LogP contribution in [0.25, 0.3) is 11.1 Å². The Morgan fingerprint density at radius 3 is 2.38 bits per heavy atom. The van der Waals surface area contributed by atoms with Gasteiger partial charge < -0.3 is 14.7 Å². The van der Waals surface area contributed by atoms with E-state index in [0.29, 0.717) is 13.0 Å². The predicted molar refractivity (Wildman–Crippen MR) is 124 cm³/mol. The average Bonchev–Trinajstić information content (AvgIpc) is 3.53. The van der Waals surface area contributed by atoms with Crippen molar-refractivity contribution in [1.82, 2.24) is 15.1 Å². The number of H-pyrrole nitrogens is 1. The molecular formula is C25H24N4O5. The van der Waals surface area contributed by atoms with Crippen molar-refractivity contribution in [3.05, 3.63) is 71.4 Å². The molecule has 2 heterocycles. The molecular weight excluding hydrogens is 436 g/mol. The molecule has 1 aliphatic carbocycles. The first-order valence-corrected chi connectivity index (χ1v) is 11.1. The SMILES string of the molecule is CC1C(C(=O)O)CCN1C(=O)c1cc(NC(=O)OCC2c3ccccc3-c3ccccc32)n[nH]1. The van der Waals surface area contributed by atoms with Gasteiger partial charge in [0.25, 0.3) is 5.91 Å². The molecule has 0 spiro atoms. The molecule has 1 fully saturated rings. The first-order chi connectivity index (χ1) is 16.4. The van der Waals surface area contributed by atoms with Gasteiger partial charge in [0.1, 0.15) is 12.3 Å². The number of carboxylic acid groups (broad SMARTS) is 1. The second-order valence-corrected chi connectivity index (χ2v) is 8.59. The van der Waals surface area contributed by atoms with Crippen LogP contribution in [0.4, 0.5) is 10.6 Å². The summed E-state index contributed by atoms with van der Waals surface area (Å²) < 4.78 is 5.51. The number of benzene rings is 2. The lowest BCUT2D eigenvalue weighted by molar-refractivity contribution is -0.142. The van der Waals surface area contributed by atoms with Crippen molar-refractivity contribution in [2.24, 2.45) is 5.92 Å². The van der Waals surface area contributed by atoms with Crippen molar-refractivity contribution < 1.29 is 24.2 Å². The summed E-state index contributed by atoms with van der Waals surface area (Å²) in [5, 5.41) is 18.4. The number of anilines is 1.